The predicted octanol–water partition coefficient (Wildman–Crippen LogP) is 3.35. The first-order valence-corrected chi connectivity index (χ1v) is 5.40. The Kier molecular flexibility index (Phi) is 3.40. The van der Waals surface area contributed by atoms with E-state index in [-0.39, 0.29) is 16.7 Å². The molecule has 1 heterocycles. The third-order valence-electron chi connectivity index (χ3n) is 2.24. The van der Waals surface area contributed by atoms with Crippen LogP contribution in [-0.2, 0) is 0 Å². The molecule has 2 rings (SSSR count). The van der Waals surface area contributed by atoms with Crippen LogP contribution in [-0.4, -0.2) is 16.3 Å². The van der Waals surface area contributed by atoms with Gasteiger partial charge in [-0.1, -0.05) is 0 Å². The molecule has 19 heavy (non-hydrogen) atoms. The van der Waals surface area contributed by atoms with Crippen LogP contribution in [0.2, 0.25) is 0 Å². The number of aromatic amines is 1. The molecule has 0 spiro atoms. The average molecular weight is 341 g/mol. The standard InChI is InChI=1S/C10H2BrF5N2O/c11-10-9(17-2(1-19)18-10)3-4(12)6(14)8(16)7(15)5(3)13/h1H,(H,17,18). The minimum Gasteiger partial charge on any atom is -0.330 e. The Hall–Kier alpha value is -1.77. The number of nitrogens with zero attached hydrogens (tertiary/aromatic N) is 1. The van der Waals surface area contributed by atoms with Gasteiger partial charge in [0.15, 0.2) is 35.4 Å². The highest BCUT2D eigenvalue weighted by Gasteiger charge is 2.29. The minimum atomic E-state index is -2.26. The maximum atomic E-state index is 13.5. The van der Waals surface area contributed by atoms with Crippen LogP contribution >= 0.6 is 15.9 Å². The lowest BCUT2D eigenvalue weighted by Gasteiger charge is -2.06. The molecular weight excluding hydrogens is 339 g/mol. The molecule has 0 aliphatic carbocycles. The lowest BCUT2D eigenvalue weighted by Crippen LogP contribution is -2.04. The Morgan fingerprint density at radius 1 is 0.947 bits per heavy atom. The fourth-order valence-corrected chi connectivity index (χ4v) is 1.89. The molecule has 0 aliphatic heterocycles. The van der Waals surface area contributed by atoms with E-state index in [1.165, 1.54) is 0 Å². The van der Waals surface area contributed by atoms with Gasteiger partial charge in [0.2, 0.25) is 5.82 Å². The van der Waals surface area contributed by atoms with Gasteiger partial charge in [-0.05, 0) is 15.9 Å². The monoisotopic (exact) mass is 340 g/mol. The van der Waals surface area contributed by atoms with Gasteiger partial charge in [0, 0.05) is 0 Å². The van der Waals surface area contributed by atoms with Crippen molar-refractivity contribution in [3.8, 4) is 11.3 Å². The number of imidazole rings is 1. The molecule has 3 nitrogen and oxygen atoms in total. The van der Waals surface area contributed by atoms with Gasteiger partial charge in [-0.25, -0.2) is 26.9 Å². The van der Waals surface area contributed by atoms with Gasteiger partial charge in [-0.3, -0.25) is 4.79 Å². The van der Waals surface area contributed by atoms with E-state index < -0.39 is 40.3 Å². The van der Waals surface area contributed by atoms with Crippen LogP contribution in [0.5, 0.6) is 0 Å². The number of aromatic nitrogens is 2. The average Bonchev–Trinajstić information content (AvgIpc) is 2.76. The molecule has 0 aliphatic rings. The van der Waals surface area contributed by atoms with Crippen molar-refractivity contribution in [2.24, 2.45) is 0 Å². The zero-order chi connectivity index (χ0) is 14.3. The van der Waals surface area contributed by atoms with Gasteiger partial charge in [-0.2, -0.15) is 0 Å². The molecule has 0 unspecified atom stereocenters. The molecule has 1 N–H and O–H groups in total. The van der Waals surface area contributed by atoms with Crippen molar-refractivity contribution in [1.29, 1.82) is 0 Å². The van der Waals surface area contributed by atoms with Gasteiger partial charge >= 0.3 is 0 Å². The molecule has 1 aromatic heterocycles. The number of hydrogen-bond donors (Lipinski definition) is 1. The molecule has 0 fully saturated rings. The summed E-state index contributed by atoms with van der Waals surface area (Å²) >= 11 is 2.78. The maximum Gasteiger partial charge on any atom is 0.200 e. The molecular formula is C10H2BrF5N2O. The van der Waals surface area contributed by atoms with Crippen molar-refractivity contribution >= 4 is 22.2 Å². The zero-order valence-corrected chi connectivity index (χ0v) is 10.3. The molecule has 0 radical (unpaired) electrons. The van der Waals surface area contributed by atoms with Gasteiger partial charge in [0.1, 0.15) is 10.3 Å². The number of carbonyl (C=O) groups excluding carboxylic acids is 1. The first-order valence-electron chi connectivity index (χ1n) is 4.61. The quantitative estimate of drug-likeness (QED) is 0.394. The molecule has 100 valence electrons. The van der Waals surface area contributed by atoms with Crippen molar-refractivity contribution in [2.45, 2.75) is 0 Å². The van der Waals surface area contributed by atoms with Crippen molar-refractivity contribution in [2.75, 3.05) is 0 Å². The van der Waals surface area contributed by atoms with Crippen molar-refractivity contribution in [1.82, 2.24) is 9.97 Å². The highest BCUT2D eigenvalue weighted by molar-refractivity contribution is 9.10. The second kappa shape index (κ2) is 4.72. The number of benzene rings is 1. The molecule has 0 saturated heterocycles. The first-order chi connectivity index (χ1) is 8.88. The highest BCUT2D eigenvalue weighted by atomic mass is 79.9. The van der Waals surface area contributed by atoms with Crippen molar-refractivity contribution in [3.05, 3.63) is 39.5 Å². The normalized spacial score (nSPS) is 10.8. The summed E-state index contributed by atoms with van der Waals surface area (Å²) in [5.41, 5.74) is -1.80. The van der Waals surface area contributed by atoms with Crippen LogP contribution in [0.1, 0.15) is 10.6 Å². The van der Waals surface area contributed by atoms with E-state index in [1.54, 1.807) is 0 Å². The summed E-state index contributed by atoms with van der Waals surface area (Å²) in [6.45, 7) is 0. The van der Waals surface area contributed by atoms with Crippen LogP contribution < -0.4 is 0 Å². The largest absolute Gasteiger partial charge is 0.330 e. The summed E-state index contributed by atoms with van der Waals surface area (Å²) in [6.07, 6.45) is 0.223. The van der Waals surface area contributed by atoms with Crippen LogP contribution in [0.4, 0.5) is 22.0 Å². The van der Waals surface area contributed by atoms with Crippen molar-refractivity contribution in [3.63, 3.8) is 0 Å². The summed E-state index contributed by atoms with van der Waals surface area (Å²) in [6, 6.07) is 0. The second-order valence-corrected chi connectivity index (χ2v) is 4.14. The number of hydrogen-bond acceptors (Lipinski definition) is 2. The summed E-state index contributed by atoms with van der Waals surface area (Å²) in [4.78, 5) is 16.1. The maximum absolute atomic E-state index is 13.5. The van der Waals surface area contributed by atoms with Gasteiger partial charge in [0.05, 0.1) is 5.56 Å². The Morgan fingerprint density at radius 3 is 1.84 bits per heavy atom. The third-order valence-corrected chi connectivity index (χ3v) is 2.81. The summed E-state index contributed by atoms with van der Waals surface area (Å²) < 4.78 is 65.7. The molecule has 1 aromatic carbocycles. The second-order valence-electron chi connectivity index (χ2n) is 3.35. The topological polar surface area (TPSA) is 45.8 Å². The van der Waals surface area contributed by atoms with E-state index in [4.69, 9.17) is 0 Å². The molecule has 0 saturated carbocycles. The summed E-state index contributed by atoms with van der Waals surface area (Å²) in [5, 5.41) is 0. The van der Waals surface area contributed by atoms with Crippen LogP contribution in [0.15, 0.2) is 4.60 Å². The predicted molar refractivity (Wildman–Crippen MR) is 56.9 cm³/mol. The molecule has 0 atom stereocenters. The van der Waals surface area contributed by atoms with Gasteiger partial charge in [-0.15, -0.1) is 0 Å². The summed E-state index contributed by atoms with van der Waals surface area (Å²) in [5.74, 6) is -10.8. The Labute approximate surface area is 110 Å². The fourth-order valence-electron chi connectivity index (χ4n) is 1.40. The van der Waals surface area contributed by atoms with E-state index in [0.717, 1.165) is 0 Å². The van der Waals surface area contributed by atoms with Crippen molar-refractivity contribution < 1.29 is 26.7 Å². The SMILES string of the molecule is O=Cc1nc(-c2c(F)c(F)c(F)c(F)c2F)c(Br)[nH]1. The van der Waals surface area contributed by atoms with E-state index in [0.29, 0.717) is 0 Å². The third kappa shape index (κ3) is 2.03. The zero-order valence-electron chi connectivity index (χ0n) is 8.70. The molecule has 9 heteroatoms. The van der Waals surface area contributed by atoms with Crippen LogP contribution in [0.3, 0.4) is 0 Å². The number of carbonyl (C=O) groups is 1. The highest BCUT2D eigenvalue weighted by Crippen LogP contribution is 2.34. The number of halogens is 6. The minimum absolute atomic E-state index is 0.183. The molecule has 0 amide bonds. The Morgan fingerprint density at radius 2 is 1.42 bits per heavy atom. The smallest absolute Gasteiger partial charge is 0.200 e. The molecule has 2 aromatic rings. The number of aldehydes is 1. The first kappa shape index (κ1) is 13.7. The Balaban J connectivity index is 2.82. The van der Waals surface area contributed by atoms with Gasteiger partial charge < -0.3 is 4.98 Å². The van der Waals surface area contributed by atoms with E-state index in [9.17, 15) is 26.7 Å². The van der Waals surface area contributed by atoms with E-state index >= 15 is 0 Å². The fraction of sp³-hybridized carbons (Fsp3) is 0. The van der Waals surface area contributed by atoms with Crippen LogP contribution in [0.25, 0.3) is 11.3 Å². The van der Waals surface area contributed by atoms with E-state index in [1.807, 2.05) is 0 Å². The number of rotatable bonds is 2. The van der Waals surface area contributed by atoms with Crippen LogP contribution in [0, 0.1) is 29.1 Å². The lowest BCUT2D eigenvalue weighted by molar-refractivity contribution is 0.111. The lowest BCUT2D eigenvalue weighted by atomic mass is 10.1. The number of nitrogens with one attached hydrogen (secondary N) is 1. The number of H-pyrrole nitrogens is 1. The Bertz CT molecular complexity index is 656. The van der Waals surface area contributed by atoms with E-state index in [2.05, 4.69) is 25.9 Å². The van der Waals surface area contributed by atoms with Gasteiger partial charge in [0.25, 0.3) is 0 Å². The summed E-state index contributed by atoms with van der Waals surface area (Å²) in [7, 11) is 0. The molecule has 0 bridgehead atoms.